The largest absolute Gasteiger partial charge is 0.135 e. The molecule has 0 aliphatic heterocycles. The van der Waals surface area contributed by atoms with Gasteiger partial charge in [-0.15, -0.1) is 22.7 Å². The minimum absolute atomic E-state index is 1.27. The summed E-state index contributed by atoms with van der Waals surface area (Å²) in [5.74, 6) is 0. The highest BCUT2D eigenvalue weighted by Gasteiger charge is 2.12. The number of rotatable bonds is 2. The van der Waals surface area contributed by atoms with Crippen molar-refractivity contribution < 1.29 is 0 Å². The van der Waals surface area contributed by atoms with Gasteiger partial charge in [-0.3, -0.25) is 0 Å². The molecule has 0 amide bonds. The molecule has 0 nitrogen and oxygen atoms in total. The fraction of sp³-hybridized carbons (Fsp3) is 0.0556. The lowest BCUT2D eigenvalue weighted by molar-refractivity contribution is 1.50. The van der Waals surface area contributed by atoms with Crippen LogP contribution >= 0.6 is 22.7 Å². The van der Waals surface area contributed by atoms with Crippen LogP contribution in [0.2, 0.25) is 0 Å². The number of hydrogen-bond donors (Lipinski definition) is 0. The molecule has 2 heterocycles. The van der Waals surface area contributed by atoms with Crippen molar-refractivity contribution in [2.75, 3.05) is 0 Å². The Kier molecular flexibility index (Phi) is 5.73. The molecule has 8 rings (SSSR count). The maximum absolute atomic E-state index is 2.39. The third-order valence-corrected chi connectivity index (χ3v) is 9.47. The average Bonchev–Trinajstić information content (AvgIpc) is 3.52. The molecule has 0 aliphatic rings. The Morgan fingerprint density at radius 3 is 1.16 bits per heavy atom. The van der Waals surface area contributed by atoms with Gasteiger partial charge in [0.25, 0.3) is 0 Å². The van der Waals surface area contributed by atoms with Gasteiger partial charge in [0, 0.05) is 40.3 Å². The molecule has 2 heteroatoms. The fourth-order valence-electron chi connectivity index (χ4n) is 5.41. The van der Waals surface area contributed by atoms with Crippen LogP contribution in [0.1, 0.15) is 13.8 Å². The van der Waals surface area contributed by atoms with E-state index in [2.05, 4.69) is 121 Å². The smallest absolute Gasteiger partial charge is 0.0361 e. The lowest BCUT2D eigenvalue weighted by Gasteiger charge is -2.03. The predicted octanol–water partition coefficient (Wildman–Crippen LogP) is 11.9. The molecule has 0 unspecified atom stereocenters. The summed E-state index contributed by atoms with van der Waals surface area (Å²) in [5.41, 5.74) is 5.09. The molecule has 0 radical (unpaired) electrons. The van der Waals surface area contributed by atoms with E-state index >= 15 is 0 Å². The van der Waals surface area contributed by atoms with Crippen molar-refractivity contribution in [2.24, 2.45) is 0 Å². The van der Waals surface area contributed by atoms with E-state index in [0.29, 0.717) is 0 Å². The van der Waals surface area contributed by atoms with E-state index < -0.39 is 0 Å². The first-order valence-corrected chi connectivity index (χ1v) is 14.8. The molecular weight excluding hydrogens is 497 g/mol. The second-order valence-corrected chi connectivity index (χ2v) is 11.6. The normalized spacial score (nSPS) is 11.4. The van der Waals surface area contributed by atoms with E-state index in [9.17, 15) is 0 Å². The summed E-state index contributed by atoms with van der Waals surface area (Å²) in [6, 6.07) is 44.7. The first kappa shape index (κ1) is 23.2. The van der Waals surface area contributed by atoms with Crippen LogP contribution in [0.3, 0.4) is 0 Å². The lowest BCUT2D eigenvalue weighted by Crippen LogP contribution is -1.77. The molecule has 0 atom stereocenters. The minimum atomic E-state index is 1.27. The van der Waals surface area contributed by atoms with Crippen molar-refractivity contribution in [3.05, 3.63) is 121 Å². The molecule has 2 aromatic heterocycles. The second kappa shape index (κ2) is 9.40. The van der Waals surface area contributed by atoms with Crippen molar-refractivity contribution in [2.45, 2.75) is 13.8 Å². The lowest BCUT2D eigenvalue weighted by atomic mass is 10.0. The molecule has 0 aliphatic carbocycles. The summed E-state index contributed by atoms with van der Waals surface area (Å²) >= 11 is 3.80. The average molecular weight is 523 g/mol. The number of hydrogen-bond acceptors (Lipinski definition) is 2. The highest BCUT2D eigenvalue weighted by molar-refractivity contribution is 7.26. The van der Waals surface area contributed by atoms with Crippen molar-refractivity contribution in [1.82, 2.24) is 0 Å². The van der Waals surface area contributed by atoms with E-state index in [4.69, 9.17) is 0 Å². The molecule has 8 aromatic rings. The van der Waals surface area contributed by atoms with Gasteiger partial charge in [-0.2, -0.15) is 0 Å². The monoisotopic (exact) mass is 522 g/mol. The van der Waals surface area contributed by atoms with E-state index in [1.165, 1.54) is 73.4 Å². The van der Waals surface area contributed by atoms with Gasteiger partial charge in [0.2, 0.25) is 0 Å². The van der Waals surface area contributed by atoms with Gasteiger partial charge in [-0.05, 0) is 69.4 Å². The molecule has 182 valence electrons. The molecule has 0 bridgehead atoms. The Hall–Kier alpha value is -3.98. The van der Waals surface area contributed by atoms with Crippen LogP contribution in [-0.4, -0.2) is 0 Å². The van der Waals surface area contributed by atoms with Crippen LogP contribution in [0.5, 0.6) is 0 Å². The number of fused-ring (bicyclic) bond motifs is 7. The zero-order valence-corrected chi connectivity index (χ0v) is 23.0. The Morgan fingerprint density at radius 2 is 0.737 bits per heavy atom. The van der Waals surface area contributed by atoms with Crippen LogP contribution in [0.4, 0.5) is 0 Å². The Balaban J connectivity index is 0.00000118. The fourth-order valence-corrected chi connectivity index (χ4v) is 7.76. The third-order valence-electron chi connectivity index (χ3n) is 7.23. The first-order chi connectivity index (χ1) is 18.8. The van der Waals surface area contributed by atoms with Crippen molar-refractivity contribution >= 4 is 73.8 Å². The molecule has 0 saturated heterocycles. The maximum atomic E-state index is 2.39. The van der Waals surface area contributed by atoms with Crippen molar-refractivity contribution in [3.8, 4) is 22.3 Å². The van der Waals surface area contributed by atoms with E-state index in [-0.39, 0.29) is 0 Å². The molecule has 6 aromatic carbocycles. The second-order valence-electron chi connectivity index (χ2n) is 9.40. The van der Waals surface area contributed by atoms with Gasteiger partial charge in [-0.1, -0.05) is 98.8 Å². The summed E-state index contributed by atoms with van der Waals surface area (Å²) in [5, 5.41) is 8.04. The highest BCUT2D eigenvalue weighted by Crippen LogP contribution is 2.42. The van der Waals surface area contributed by atoms with Gasteiger partial charge in [0.15, 0.2) is 0 Å². The molecular formula is C36H26S2. The van der Waals surface area contributed by atoms with E-state index in [0.717, 1.165) is 0 Å². The van der Waals surface area contributed by atoms with Crippen LogP contribution in [0.25, 0.3) is 73.4 Å². The Labute approximate surface area is 230 Å². The van der Waals surface area contributed by atoms with E-state index in [1.807, 2.05) is 36.5 Å². The highest BCUT2D eigenvalue weighted by atomic mass is 32.1. The van der Waals surface area contributed by atoms with Crippen LogP contribution < -0.4 is 0 Å². The van der Waals surface area contributed by atoms with Crippen LogP contribution in [0.15, 0.2) is 121 Å². The topological polar surface area (TPSA) is 0 Å². The molecule has 0 N–H and O–H groups in total. The predicted molar refractivity (Wildman–Crippen MR) is 172 cm³/mol. The van der Waals surface area contributed by atoms with Gasteiger partial charge >= 0.3 is 0 Å². The minimum Gasteiger partial charge on any atom is -0.135 e. The summed E-state index contributed by atoms with van der Waals surface area (Å²) < 4.78 is 5.41. The Bertz CT molecular complexity index is 1920. The van der Waals surface area contributed by atoms with Crippen molar-refractivity contribution in [3.63, 3.8) is 0 Å². The van der Waals surface area contributed by atoms with E-state index in [1.54, 1.807) is 0 Å². The Morgan fingerprint density at radius 1 is 0.342 bits per heavy atom. The zero-order chi connectivity index (χ0) is 25.6. The SMILES string of the molecule is CC.c1ccc(-c2ccc3c(c2)sc2cc4cc5c(cc4cc23)sc2cc(-c3ccccc3)ccc25)cc1. The van der Waals surface area contributed by atoms with Crippen LogP contribution in [0, 0.1) is 0 Å². The summed E-state index contributed by atoms with van der Waals surface area (Å²) in [6.45, 7) is 4.00. The molecule has 0 fully saturated rings. The summed E-state index contributed by atoms with van der Waals surface area (Å²) in [7, 11) is 0. The van der Waals surface area contributed by atoms with Gasteiger partial charge in [0.05, 0.1) is 0 Å². The number of benzene rings is 6. The quantitative estimate of drug-likeness (QED) is 0.212. The van der Waals surface area contributed by atoms with Crippen molar-refractivity contribution in [1.29, 1.82) is 0 Å². The molecule has 0 saturated carbocycles. The van der Waals surface area contributed by atoms with Gasteiger partial charge < -0.3 is 0 Å². The first-order valence-electron chi connectivity index (χ1n) is 13.2. The molecule has 38 heavy (non-hydrogen) atoms. The van der Waals surface area contributed by atoms with Gasteiger partial charge in [-0.25, -0.2) is 0 Å². The molecule has 0 spiro atoms. The van der Waals surface area contributed by atoms with Gasteiger partial charge in [0.1, 0.15) is 0 Å². The summed E-state index contributed by atoms with van der Waals surface area (Å²) in [6.07, 6.45) is 0. The standard InChI is InChI=1S/C34H20S2.C2H6/c1-3-7-21(8-4-1)23-11-13-27-29-15-25-20-34-30(16-26(25)19-33(29)35-31(27)17-23)28-14-12-24(18-32(28)36-34)22-9-5-2-6-10-22;1-2/h1-20H;1-2H3. The number of thiophene rings is 2. The van der Waals surface area contributed by atoms with Crippen LogP contribution in [-0.2, 0) is 0 Å². The third kappa shape index (κ3) is 3.80. The summed E-state index contributed by atoms with van der Waals surface area (Å²) in [4.78, 5) is 0. The zero-order valence-electron chi connectivity index (χ0n) is 21.4. The maximum Gasteiger partial charge on any atom is 0.0361 e.